The second-order valence-electron chi connectivity index (χ2n) is 2.14. The van der Waals surface area contributed by atoms with Gasteiger partial charge in [-0.15, -0.1) is 0 Å². The molecule has 1 saturated carbocycles. The van der Waals surface area contributed by atoms with Crippen molar-refractivity contribution in [2.75, 3.05) is 5.75 Å². The second kappa shape index (κ2) is 2.61. The van der Waals surface area contributed by atoms with Crippen LogP contribution in [0.25, 0.3) is 0 Å². The number of rotatable bonds is 3. The van der Waals surface area contributed by atoms with Gasteiger partial charge in [-0.2, -0.15) is 11.8 Å². The lowest BCUT2D eigenvalue weighted by atomic mass is 10.3. The Kier molecular flexibility index (Phi) is 2.04. The zero-order valence-corrected chi connectivity index (χ0v) is 5.34. The molecule has 1 aliphatic carbocycles. The first kappa shape index (κ1) is 5.49. The van der Waals surface area contributed by atoms with Gasteiger partial charge in [0.25, 0.3) is 0 Å². The van der Waals surface area contributed by atoms with E-state index in [0.717, 1.165) is 5.92 Å². The van der Waals surface area contributed by atoms with E-state index < -0.39 is 0 Å². The molecule has 0 aromatic carbocycles. The van der Waals surface area contributed by atoms with E-state index in [1.807, 2.05) is 0 Å². The summed E-state index contributed by atoms with van der Waals surface area (Å²) in [6, 6.07) is 0. The molecule has 1 fully saturated rings. The average Bonchev–Trinajstić information content (AvgIpc) is 2.42. The first-order chi connectivity index (χ1) is 3.43. The summed E-state index contributed by atoms with van der Waals surface area (Å²) >= 11 is 1.72. The van der Waals surface area contributed by atoms with Crippen molar-refractivity contribution in [2.45, 2.75) is 19.3 Å². The fraction of sp³-hybridized carbons (Fsp3) is 0.833. The van der Waals surface area contributed by atoms with Crippen molar-refractivity contribution in [1.82, 2.24) is 0 Å². The van der Waals surface area contributed by atoms with Crippen LogP contribution in [0, 0.1) is 12.2 Å². The SMILES string of the molecule is [CH2]SCCC1CC1. The van der Waals surface area contributed by atoms with Gasteiger partial charge in [0, 0.05) is 6.26 Å². The molecule has 41 valence electrons. The summed E-state index contributed by atoms with van der Waals surface area (Å²) in [6.07, 6.45) is 8.09. The molecule has 0 bridgehead atoms. The summed E-state index contributed by atoms with van der Waals surface area (Å²) in [4.78, 5) is 0. The van der Waals surface area contributed by atoms with Gasteiger partial charge in [0.05, 0.1) is 0 Å². The van der Waals surface area contributed by atoms with Gasteiger partial charge in [-0.3, -0.25) is 0 Å². The van der Waals surface area contributed by atoms with Gasteiger partial charge in [-0.1, -0.05) is 12.8 Å². The zero-order chi connectivity index (χ0) is 5.11. The number of thioether (sulfide) groups is 1. The Labute approximate surface area is 49.7 Å². The highest BCUT2D eigenvalue weighted by molar-refractivity contribution is 8.00. The standard InChI is InChI=1S/C6H11S/c1-7-5-4-6-2-3-6/h6H,1-5H2. The molecule has 0 atom stereocenters. The van der Waals surface area contributed by atoms with Crippen molar-refractivity contribution < 1.29 is 0 Å². The molecule has 0 amide bonds. The first-order valence-electron chi connectivity index (χ1n) is 2.80. The molecule has 0 aromatic heterocycles. The summed E-state index contributed by atoms with van der Waals surface area (Å²) in [5.74, 6) is 2.36. The summed E-state index contributed by atoms with van der Waals surface area (Å²) < 4.78 is 0. The molecular weight excluding hydrogens is 104 g/mol. The minimum atomic E-state index is 1.09. The maximum atomic E-state index is 3.70. The van der Waals surface area contributed by atoms with Gasteiger partial charge in [0.1, 0.15) is 0 Å². The van der Waals surface area contributed by atoms with Gasteiger partial charge >= 0.3 is 0 Å². The van der Waals surface area contributed by atoms with E-state index >= 15 is 0 Å². The molecule has 0 heterocycles. The monoisotopic (exact) mass is 115 g/mol. The molecular formula is C6H11S. The Bertz CT molecular complexity index is 48.1. The highest BCUT2D eigenvalue weighted by Crippen LogP contribution is 2.33. The van der Waals surface area contributed by atoms with Gasteiger partial charge in [0.2, 0.25) is 0 Å². The second-order valence-corrected chi connectivity index (χ2v) is 2.96. The molecule has 0 aliphatic heterocycles. The first-order valence-corrected chi connectivity index (χ1v) is 3.96. The van der Waals surface area contributed by atoms with Crippen LogP contribution in [0.3, 0.4) is 0 Å². The predicted octanol–water partition coefficient (Wildman–Crippen LogP) is 2.31. The average molecular weight is 115 g/mol. The molecule has 0 spiro atoms. The van der Waals surface area contributed by atoms with Crippen LogP contribution in [0.2, 0.25) is 0 Å². The van der Waals surface area contributed by atoms with E-state index in [1.54, 1.807) is 11.8 Å². The minimum absolute atomic E-state index is 1.09. The topological polar surface area (TPSA) is 0 Å². The Morgan fingerprint density at radius 1 is 1.57 bits per heavy atom. The summed E-state index contributed by atoms with van der Waals surface area (Å²) in [7, 11) is 0. The third kappa shape index (κ3) is 2.22. The highest BCUT2D eigenvalue weighted by atomic mass is 32.2. The molecule has 0 N–H and O–H groups in total. The van der Waals surface area contributed by atoms with Crippen molar-refractivity contribution in [2.24, 2.45) is 5.92 Å². The largest absolute Gasteiger partial charge is 0.161 e. The lowest BCUT2D eigenvalue weighted by molar-refractivity contribution is 0.810. The summed E-state index contributed by atoms with van der Waals surface area (Å²) in [5.41, 5.74) is 0. The normalized spacial score (nSPS) is 20.1. The Morgan fingerprint density at radius 3 is 2.71 bits per heavy atom. The predicted molar refractivity (Wildman–Crippen MR) is 35.2 cm³/mol. The zero-order valence-electron chi connectivity index (χ0n) is 4.52. The van der Waals surface area contributed by atoms with Crippen LogP contribution in [0.15, 0.2) is 0 Å². The minimum Gasteiger partial charge on any atom is -0.161 e. The van der Waals surface area contributed by atoms with Crippen molar-refractivity contribution in [3.05, 3.63) is 6.26 Å². The maximum absolute atomic E-state index is 3.70. The Hall–Kier alpha value is 0.350. The lowest BCUT2D eigenvalue weighted by Crippen LogP contribution is -1.76. The molecule has 0 aromatic rings. The molecule has 0 unspecified atom stereocenters. The van der Waals surface area contributed by atoms with E-state index in [2.05, 4.69) is 6.26 Å². The Balaban J connectivity index is 1.80. The Morgan fingerprint density at radius 2 is 2.29 bits per heavy atom. The summed E-state index contributed by atoms with van der Waals surface area (Å²) in [5, 5.41) is 0. The van der Waals surface area contributed by atoms with Crippen LogP contribution < -0.4 is 0 Å². The quantitative estimate of drug-likeness (QED) is 0.544. The van der Waals surface area contributed by atoms with Crippen molar-refractivity contribution >= 4 is 11.8 Å². The third-order valence-electron chi connectivity index (χ3n) is 1.37. The maximum Gasteiger partial charge on any atom is 0.00235 e. The fourth-order valence-corrected chi connectivity index (χ4v) is 1.16. The fourth-order valence-electron chi connectivity index (χ4n) is 0.657. The van der Waals surface area contributed by atoms with Gasteiger partial charge in [0.15, 0.2) is 0 Å². The molecule has 7 heavy (non-hydrogen) atoms. The third-order valence-corrected chi connectivity index (χ3v) is 1.89. The number of hydrogen-bond acceptors (Lipinski definition) is 1. The van der Waals surface area contributed by atoms with E-state index in [4.69, 9.17) is 0 Å². The van der Waals surface area contributed by atoms with Crippen LogP contribution in [-0.4, -0.2) is 5.75 Å². The molecule has 1 radical (unpaired) electrons. The van der Waals surface area contributed by atoms with Gasteiger partial charge in [-0.05, 0) is 18.1 Å². The van der Waals surface area contributed by atoms with Gasteiger partial charge < -0.3 is 0 Å². The van der Waals surface area contributed by atoms with Crippen LogP contribution in [0.4, 0.5) is 0 Å². The van der Waals surface area contributed by atoms with Crippen molar-refractivity contribution in [3.63, 3.8) is 0 Å². The summed E-state index contributed by atoms with van der Waals surface area (Å²) in [6.45, 7) is 0. The molecule has 1 aliphatic rings. The van der Waals surface area contributed by atoms with Crippen molar-refractivity contribution in [1.29, 1.82) is 0 Å². The van der Waals surface area contributed by atoms with E-state index in [1.165, 1.54) is 25.0 Å². The van der Waals surface area contributed by atoms with Crippen LogP contribution >= 0.6 is 11.8 Å². The van der Waals surface area contributed by atoms with Crippen LogP contribution in [0.5, 0.6) is 0 Å². The van der Waals surface area contributed by atoms with Crippen molar-refractivity contribution in [3.8, 4) is 0 Å². The number of hydrogen-bond donors (Lipinski definition) is 0. The molecule has 1 heteroatoms. The van der Waals surface area contributed by atoms with Crippen LogP contribution in [0.1, 0.15) is 19.3 Å². The van der Waals surface area contributed by atoms with E-state index in [9.17, 15) is 0 Å². The lowest BCUT2D eigenvalue weighted by Gasteiger charge is -1.88. The van der Waals surface area contributed by atoms with Crippen LogP contribution in [-0.2, 0) is 0 Å². The molecule has 1 rings (SSSR count). The highest BCUT2D eigenvalue weighted by Gasteiger charge is 2.19. The molecule has 0 saturated heterocycles. The van der Waals surface area contributed by atoms with E-state index in [-0.39, 0.29) is 0 Å². The molecule has 0 nitrogen and oxygen atoms in total. The van der Waals surface area contributed by atoms with E-state index in [0.29, 0.717) is 0 Å². The smallest absolute Gasteiger partial charge is 0.00235 e. The van der Waals surface area contributed by atoms with Gasteiger partial charge in [-0.25, -0.2) is 0 Å².